The van der Waals surface area contributed by atoms with Gasteiger partial charge in [0.1, 0.15) is 5.54 Å². The molecule has 18 heavy (non-hydrogen) atoms. The minimum Gasteiger partial charge on any atom is -0.480 e. The SMILES string of the molecule is CC1(C(=O)O)CCCN1CC(=O)c1ccccc1. The van der Waals surface area contributed by atoms with Crippen molar-refractivity contribution in [2.75, 3.05) is 13.1 Å². The Morgan fingerprint density at radius 3 is 2.61 bits per heavy atom. The molecular formula is C14H17NO3. The molecule has 1 aromatic carbocycles. The van der Waals surface area contributed by atoms with Crippen molar-refractivity contribution in [3.8, 4) is 0 Å². The van der Waals surface area contributed by atoms with Gasteiger partial charge in [-0.25, -0.2) is 0 Å². The van der Waals surface area contributed by atoms with Crippen molar-refractivity contribution in [3.05, 3.63) is 35.9 Å². The summed E-state index contributed by atoms with van der Waals surface area (Å²) in [4.78, 5) is 25.1. The summed E-state index contributed by atoms with van der Waals surface area (Å²) in [6.45, 7) is 2.54. The molecule has 1 N–H and O–H groups in total. The van der Waals surface area contributed by atoms with Gasteiger partial charge in [0.25, 0.3) is 0 Å². The zero-order chi connectivity index (χ0) is 13.2. The van der Waals surface area contributed by atoms with Crippen LogP contribution < -0.4 is 0 Å². The zero-order valence-corrected chi connectivity index (χ0v) is 10.4. The van der Waals surface area contributed by atoms with Crippen molar-refractivity contribution in [1.82, 2.24) is 4.90 Å². The highest BCUT2D eigenvalue weighted by atomic mass is 16.4. The van der Waals surface area contributed by atoms with E-state index in [1.165, 1.54) is 0 Å². The van der Waals surface area contributed by atoms with Crippen LogP contribution in [-0.4, -0.2) is 40.4 Å². The summed E-state index contributed by atoms with van der Waals surface area (Å²) in [6, 6.07) is 9.00. The number of benzene rings is 1. The number of hydrogen-bond acceptors (Lipinski definition) is 3. The quantitative estimate of drug-likeness (QED) is 0.824. The fraction of sp³-hybridized carbons (Fsp3) is 0.429. The third-order valence-electron chi connectivity index (χ3n) is 3.68. The normalized spacial score (nSPS) is 24.1. The molecule has 1 unspecified atom stereocenters. The number of carboxylic acids is 1. The third kappa shape index (κ3) is 2.29. The molecule has 0 amide bonds. The summed E-state index contributed by atoms with van der Waals surface area (Å²) >= 11 is 0. The number of carboxylic acid groups (broad SMARTS) is 1. The number of rotatable bonds is 4. The van der Waals surface area contributed by atoms with Gasteiger partial charge in [-0.15, -0.1) is 0 Å². The van der Waals surface area contributed by atoms with Crippen LogP contribution in [0.15, 0.2) is 30.3 Å². The average molecular weight is 247 g/mol. The van der Waals surface area contributed by atoms with Crippen molar-refractivity contribution < 1.29 is 14.7 Å². The van der Waals surface area contributed by atoms with Crippen LogP contribution in [0.1, 0.15) is 30.1 Å². The fourth-order valence-electron chi connectivity index (χ4n) is 2.40. The number of carbonyl (C=O) groups excluding carboxylic acids is 1. The van der Waals surface area contributed by atoms with Crippen molar-refractivity contribution >= 4 is 11.8 Å². The molecule has 1 fully saturated rings. The van der Waals surface area contributed by atoms with Gasteiger partial charge in [0.05, 0.1) is 6.54 Å². The van der Waals surface area contributed by atoms with Crippen LogP contribution >= 0.6 is 0 Å². The molecule has 0 radical (unpaired) electrons. The smallest absolute Gasteiger partial charge is 0.323 e. The Morgan fingerprint density at radius 2 is 2.00 bits per heavy atom. The van der Waals surface area contributed by atoms with E-state index in [-0.39, 0.29) is 12.3 Å². The number of ketones is 1. The van der Waals surface area contributed by atoms with Crippen molar-refractivity contribution in [2.45, 2.75) is 25.3 Å². The standard InChI is InChI=1S/C14H17NO3/c1-14(13(17)18)8-5-9-15(14)10-12(16)11-6-3-2-4-7-11/h2-4,6-7H,5,8-10H2,1H3,(H,17,18). The van der Waals surface area contributed by atoms with E-state index in [2.05, 4.69) is 0 Å². The van der Waals surface area contributed by atoms with Crippen LogP contribution in [0.3, 0.4) is 0 Å². The van der Waals surface area contributed by atoms with E-state index in [0.29, 0.717) is 18.5 Å². The molecule has 1 aliphatic heterocycles. The Hall–Kier alpha value is -1.68. The van der Waals surface area contributed by atoms with Gasteiger partial charge in [-0.3, -0.25) is 14.5 Å². The molecular weight excluding hydrogens is 230 g/mol. The maximum atomic E-state index is 12.1. The number of Topliss-reactive ketones (excluding diaryl/α,β-unsaturated/α-hetero) is 1. The van der Waals surface area contributed by atoms with Gasteiger partial charge in [-0.1, -0.05) is 30.3 Å². The molecule has 0 aromatic heterocycles. The maximum Gasteiger partial charge on any atom is 0.323 e. The molecule has 1 aromatic rings. The van der Waals surface area contributed by atoms with Crippen LogP contribution in [0.2, 0.25) is 0 Å². The molecule has 0 saturated carbocycles. The number of aliphatic carboxylic acids is 1. The Bertz CT molecular complexity index is 457. The second-order valence-corrected chi connectivity index (χ2v) is 4.89. The van der Waals surface area contributed by atoms with Gasteiger partial charge in [0.2, 0.25) is 0 Å². The molecule has 1 atom stereocenters. The van der Waals surface area contributed by atoms with Gasteiger partial charge in [0, 0.05) is 5.56 Å². The monoisotopic (exact) mass is 247 g/mol. The van der Waals surface area contributed by atoms with E-state index in [0.717, 1.165) is 6.42 Å². The molecule has 4 heteroatoms. The van der Waals surface area contributed by atoms with Gasteiger partial charge < -0.3 is 5.11 Å². The van der Waals surface area contributed by atoms with E-state index in [1.807, 2.05) is 18.2 Å². The van der Waals surface area contributed by atoms with Gasteiger partial charge >= 0.3 is 5.97 Å². The second kappa shape index (κ2) is 4.90. The van der Waals surface area contributed by atoms with E-state index in [9.17, 15) is 14.7 Å². The number of carbonyl (C=O) groups is 2. The summed E-state index contributed by atoms with van der Waals surface area (Å²) in [7, 11) is 0. The van der Waals surface area contributed by atoms with Gasteiger partial charge in [-0.2, -0.15) is 0 Å². The maximum absolute atomic E-state index is 12.1. The molecule has 1 saturated heterocycles. The van der Waals surface area contributed by atoms with Crippen LogP contribution in [0, 0.1) is 0 Å². The first-order valence-electron chi connectivity index (χ1n) is 6.11. The lowest BCUT2D eigenvalue weighted by Gasteiger charge is -2.30. The highest BCUT2D eigenvalue weighted by molar-refractivity contribution is 5.98. The molecule has 1 aliphatic rings. The van der Waals surface area contributed by atoms with Crippen LogP contribution in [-0.2, 0) is 4.79 Å². The van der Waals surface area contributed by atoms with Gasteiger partial charge in [0.15, 0.2) is 5.78 Å². The number of likely N-dealkylation sites (tertiary alicyclic amines) is 1. The lowest BCUT2D eigenvalue weighted by Crippen LogP contribution is -2.49. The zero-order valence-electron chi connectivity index (χ0n) is 10.4. The van der Waals surface area contributed by atoms with Crippen LogP contribution in [0.25, 0.3) is 0 Å². The number of nitrogens with zero attached hydrogens (tertiary/aromatic N) is 1. The summed E-state index contributed by atoms with van der Waals surface area (Å²) in [5, 5.41) is 9.27. The average Bonchev–Trinajstić information content (AvgIpc) is 2.73. The molecule has 0 aliphatic carbocycles. The van der Waals surface area contributed by atoms with E-state index in [1.54, 1.807) is 24.0 Å². The van der Waals surface area contributed by atoms with E-state index < -0.39 is 11.5 Å². The van der Waals surface area contributed by atoms with Crippen molar-refractivity contribution in [2.24, 2.45) is 0 Å². The molecule has 0 spiro atoms. The lowest BCUT2D eigenvalue weighted by atomic mass is 9.98. The highest BCUT2D eigenvalue weighted by Crippen LogP contribution is 2.29. The molecule has 4 nitrogen and oxygen atoms in total. The minimum atomic E-state index is -0.898. The lowest BCUT2D eigenvalue weighted by molar-refractivity contribution is -0.148. The number of hydrogen-bond donors (Lipinski definition) is 1. The third-order valence-corrected chi connectivity index (χ3v) is 3.68. The van der Waals surface area contributed by atoms with E-state index in [4.69, 9.17) is 0 Å². The van der Waals surface area contributed by atoms with Gasteiger partial charge in [-0.05, 0) is 26.3 Å². The summed E-state index contributed by atoms with van der Waals surface area (Å²) in [5.41, 5.74) is -0.262. The largest absolute Gasteiger partial charge is 0.480 e. The first-order valence-corrected chi connectivity index (χ1v) is 6.11. The molecule has 1 heterocycles. The summed E-state index contributed by atoms with van der Waals surface area (Å²) < 4.78 is 0. The predicted molar refractivity (Wildman–Crippen MR) is 67.6 cm³/mol. The Balaban J connectivity index is 2.10. The second-order valence-electron chi connectivity index (χ2n) is 4.89. The Morgan fingerprint density at radius 1 is 1.33 bits per heavy atom. The molecule has 96 valence electrons. The minimum absolute atomic E-state index is 0.0232. The first-order chi connectivity index (χ1) is 8.54. The summed E-state index contributed by atoms with van der Waals surface area (Å²) in [5.74, 6) is -0.870. The topological polar surface area (TPSA) is 57.6 Å². The summed E-state index contributed by atoms with van der Waals surface area (Å²) in [6.07, 6.45) is 1.43. The Kier molecular flexibility index (Phi) is 3.48. The highest BCUT2D eigenvalue weighted by Gasteiger charge is 2.43. The molecule has 2 rings (SSSR count). The van der Waals surface area contributed by atoms with E-state index >= 15 is 0 Å². The van der Waals surface area contributed by atoms with Crippen LogP contribution in [0.5, 0.6) is 0 Å². The van der Waals surface area contributed by atoms with Crippen LogP contribution in [0.4, 0.5) is 0 Å². The van der Waals surface area contributed by atoms with Crippen molar-refractivity contribution in [1.29, 1.82) is 0 Å². The Labute approximate surface area is 106 Å². The van der Waals surface area contributed by atoms with Crippen molar-refractivity contribution in [3.63, 3.8) is 0 Å². The predicted octanol–water partition coefficient (Wildman–Crippen LogP) is 1.81. The first kappa shape index (κ1) is 12.8. The molecule has 0 bridgehead atoms. The fourth-order valence-corrected chi connectivity index (χ4v) is 2.40.